The number of carbonyl (C=O) groups excluding carboxylic acids is 1. The lowest BCUT2D eigenvalue weighted by Gasteiger charge is -2.46. The maximum atomic E-state index is 12.4. The second-order valence-electron chi connectivity index (χ2n) is 8.50. The average Bonchev–Trinajstić information content (AvgIpc) is 2.83. The van der Waals surface area contributed by atoms with E-state index in [1.807, 2.05) is 36.4 Å². The molecule has 0 atom stereocenters. The van der Waals surface area contributed by atoms with Crippen molar-refractivity contribution in [1.82, 2.24) is 4.98 Å². The second-order valence-corrected chi connectivity index (χ2v) is 9.38. The standard InChI is InChI=1S/C26H27N3OS/c1-31-23-11-4-18(5-12-23)6-15-26(30)27-21-8-13-24-20(16-21)7-14-25(28-24)29-17-19-2-9-22(29)10-3-19/h4-8,11-16,19,22H,2-3,9-10,17H2,1H3,(H,27,30). The van der Waals surface area contributed by atoms with Gasteiger partial charge in [0, 0.05) is 34.6 Å². The summed E-state index contributed by atoms with van der Waals surface area (Å²) in [6, 6.07) is 19.0. The third kappa shape index (κ3) is 4.47. The fourth-order valence-electron chi connectivity index (χ4n) is 4.77. The van der Waals surface area contributed by atoms with E-state index in [0.717, 1.165) is 40.4 Å². The highest BCUT2D eigenvalue weighted by Crippen LogP contribution is 2.37. The molecule has 2 bridgehead atoms. The van der Waals surface area contributed by atoms with Crippen LogP contribution in [0, 0.1) is 5.92 Å². The van der Waals surface area contributed by atoms with Gasteiger partial charge in [-0.15, -0.1) is 11.8 Å². The first-order chi connectivity index (χ1) is 15.2. The van der Waals surface area contributed by atoms with Crippen LogP contribution in [0.4, 0.5) is 11.5 Å². The van der Waals surface area contributed by atoms with Crippen molar-refractivity contribution in [2.24, 2.45) is 5.92 Å². The van der Waals surface area contributed by atoms with Crippen LogP contribution in [0.2, 0.25) is 0 Å². The lowest BCUT2D eigenvalue weighted by atomic mass is 9.80. The number of hydrogen-bond acceptors (Lipinski definition) is 4. The lowest BCUT2D eigenvalue weighted by molar-refractivity contribution is -0.111. The smallest absolute Gasteiger partial charge is 0.248 e. The molecular formula is C26H27N3OS. The molecule has 2 saturated heterocycles. The number of piperidine rings is 2. The molecule has 0 unspecified atom stereocenters. The second kappa shape index (κ2) is 8.75. The van der Waals surface area contributed by atoms with Crippen LogP contribution in [-0.4, -0.2) is 29.7 Å². The number of amides is 1. The van der Waals surface area contributed by atoms with E-state index in [2.05, 4.69) is 40.7 Å². The van der Waals surface area contributed by atoms with Crippen LogP contribution < -0.4 is 10.2 Å². The highest BCUT2D eigenvalue weighted by molar-refractivity contribution is 7.98. The molecule has 5 heteroatoms. The summed E-state index contributed by atoms with van der Waals surface area (Å²) < 4.78 is 0. The predicted octanol–water partition coefficient (Wildman–Crippen LogP) is 5.99. The Morgan fingerprint density at radius 3 is 2.58 bits per heavy atom. The van der Waals surface area contributed by atoms with Crippen LogP contribution in [-0.2, 0) is 4.79 Å². The van der Waals surface area contributed by atoms with Gasteiger partial charge in [0.15, 0.2) is 0 Å². The van der Waals surface area contributed by atoms with Crippen molar-refractivity contribution in [3.63, 3.8) is 0 Å². The van der Waals surface area contributed by atoms with Gasteiger partial charge in [-0.3, -0.25) is 4.79 Å². The summed E-state index contributed by atoms with van der Waals surface area (Å²) in [5.41, 5.74) is 2.77. The Morgan fingerprint density at radius 1 is 1.06 bits per heavy atom. The highest BCUT2D eigenvalue weighted by Gasteiger charge is 2.34. The molecule has 1 N–H and O–H groups in total. The molecule has 0 radical (unpaired) electrons. The van der Waals surface area contributed by atoms with E-state index in [1.165, 1.54) is 30.6 Å². The van der Waals surface area contributed by atoms with Gasteiger partial charge in [-0.1, -0.05) is 12.1 Å². The number of benzene rings is 2. The van der Waals surface area contributed by atoms with Crippen molar-refractivity contribution in [3.05, 3.63) is 66.2 Å². The first kappa shape index (κ1) is 20.1. The zero-order valence-electron chi connectivity index (χ0n) is 17.8. The van der Waals surface area contributed by atoms with Crippen LogP contribution in [0.3, 0.4) is 0 Å². The summed E-state index contributed by atoms with van der Waals surface area (Å²) in [4.78, 5) is 21.0. The molecule has 1 saturated carbocycles. The normalized spacial score (nSPS) is 20.5. The molecule has 3 aliphatic rings. The molecule has 2 aromatic carbocycles. The van der Waals surface area contributed by atoms with Crippen LogP contribution >= 0.6 is 11.8 Å². The van der Waals surface area contributed by atoms with Crippen molar-refractivity contribution < 1.29 is 4.79 Å². The molecule has 1 aliphatic carbocycles. The number of nitrogens with zero attached hydrogens (tertiary/aromatic N) is 2. The van der Waals surface area contributed by atoms with Crippen LogP contribution in [0.15, 0.2) is 65.6 Å². The van der Waals surface area contributed by atoms with E-state index >= 15 is 0 Å². The van der Waals surface area contributed by atoms with Crippen molar-refractivity contribution in [2.75, 3.05) is 23.0 Å². The van der Waals surface area contributed by atoms with E-state index in [1.54, 1.807) is 17.8 Å². The van der Waals surface area contributed by atoms with Crippen molar-refractivity contribution in [2.45, 2.75) is 36.6 Å². The Balaban J connectivity index is 1.27. The zero-order valence-corrected chi connectivity index (χ0v) is 18.6. The topological polar surface area (TPSA) is 45.2 Å². The number of rotatable bonds is 5. The molecule has 158 valence electrons. The maximum Gasteiger partial charge on any atom is 0.248 e. The number of fused-ring (bicyclic) bond motifs is 4. The van der Waals surface area contributed by atoms with Gasteiger partial charge < -0.3 is 10.2 Å². The predicted molar refractivity (Wildman–Crippen MR) is 131 cm³/mol. The van der Waals surface area contributed by atoms with E-state index < -0.39 is 0 Å². The van der Waals surface area contributed by atoms with E-state index in [-0.39, 0.29) is 5.91 Å². The largest absolute Gasteiger partial charge is 0.353 e. The summed E-state index contributed by atoms with van der Waals surface area (Å²) in [5.74, 6) is 1.79. The summed E-state index contributed by atoms with van der Waals surface area (Å²) in [7, 11) is 0. The number of hydrogen-bond donors (Lipinski definition) is 1. The summed E-state index contributed by atoms with van der Waals surface area (Å²) in [6.07, 6.45) is 10.8. The zero-order chi connectivity index (χ0) is 21.2. The van der Waals surface area contributed by atoms with Gasteiger partial charge in [-0.25, -0.2) is 4.98 Å². The Bertz CT molecular complexity index is 1120. The minimum Gasteiger partial charge on any atom is -0.353 e. The number of anilines is 2. The Hall–Kier alpha value is -2.79. The Kier molecular flexibility index (Phi) is 5.68. The molecule has 2 aliphatic heterocycles. The fourth-order valence-corrected chi connectivity index (χ4v) is 5.18. The molecule has 0 spiro atoms. The monoisotopic (exact) mass is 429 g/mol. The highest BCUT2D eigenvalue weighted by atomic mass is 32.2. The van der Waals surface area contributed by atoms with Crippen molar-refractivity contribution in [3.8, 4) is 0 Å². The first-order valence-electron chi connectivity index (χ1n) is 11.0. The maximum absolute atomic E-state index is 12.4. The molecule has 3 fully saturated rings. The first-order valence-corrected chi connectivity index (χ1v) is 12.2. The molecule has 6 rings (SSSR count). The van der Waals surface area contributed by atoms with Crippen LogP contribution in [0.25, 0.3) is 17.0 Å². The van der Waals surface area contributed by atoms with Crippen LogP contribution in [0.1, 0.15) is 31.2 Å². The summed E-state index contributed by atoms with van der Waals surface area (Å²) in [6.45, 7) is 1.14. The van der Waals surface area contributed by atoms with Crippen LogP contribution in [0.5, 0.6) is 0 Å². The molecule has 4 nitrogen and oxygen atoms in total. The van der Waals surface area contributed by atoms with Gasteiger partial charge in [-0.2, -0.15) is 0 Å². The summed E-state index contributed by atoms with van der Waals surface area (Å²) >= 11 is 1.71. The third-order valence-electron chi connectivity index (χ3n) is 6.49. The molecule has 31 heavy (non-hydrogen) atoms. The summed E-state index contributed by atoms with van der Waals surface area (Å²) in [5, 5.41) is 4.00. The Morgan fingerprint density at radius 2 is 1.87 bits per heavy atom. The van der Waals surface area contributed by atoms with E-state index in [0.29, 0.717) is 6.04 Å². The van der Waals surface area contributed by atoms with Gasteiger partial charge in [0.1, 0.15) is 5.82 Å². The van der Waals surface area contributed by atoms with Crippen molar-refractivity contribution in [1.29, 1.82) is 0 Å². The molecule has 3 aromatic rings. The number of aromatic nitrogens is 1. The van der Waals surface area contributed by atoms with Gasteiger partial charge in [0.25, 0.3) is 0 Å². The number of carbonyl (C=O) groups is 1. The minimum atomic E-state index is -0.137. The van der Waals surface area contributed by atoms with Gasteiger partial charge >= 0.3 is 0 Å². The molecule has 3 heterocycles. The van der Waals surface area contributed by atoms with Gasteiger partial charge in [0.2, 0.25) is 5.91 Å². The van der Waals surface area contributed by atoms with E-state index in [9.17, 15) is 4.79 Å². The lowest BCUT2D eigenvalue weighted by Crippen LogP contribution is -2.48. The number of nitrogens with one attached hydrogen (secondary N) is 1. The Labute approximate surface area is 187 Å². The number of pyridine rings is 1. The SMILES string of the molecule is CSc1ccc(C=CC(=O)Nc2ccc3nc(N4CC5CCC4CC5)ccc3c2)cc1. The average molecular weight is 430 g/mol. The molecule has 1 amide bonds. The van der Waals surface area contributed by atoms with E-state index in [4.69, 9.17) is 4.98 Å². The number of thioether (sulfide) groups is 1. The molecule has 1 aromatic heterocycles. The molecular weight excluding hydrogens is 402 g/mol. The minimum absolute atomic E-state index is 0.137. The quantitative estimate of drug-likeness (QED) is 0.400. The van der Waals surface area contributed by atoms with Gasteiger partial charge in [-0.05, 0) is 92.0 Å². The van der Waals surface area contributed by atoms with Gasteiger partial charge in [0.05, 0.1) is 5.52 Å². The fraction of sp³-hybridized carbons (Fsp3) is 0.308. The third-order valence-corrected chi connectivity index (χ3v) is 7.23. The van der Waals surface area contributed by atoms with Crippen molar-refractivity contribution >= 4 is 46.2 Å².